The third-order valence-corrected chi connectivity index (χ3v) is 5.14. The predicted molar refractivity (Wildman–Crippen MR) is 133 cm³/mol. The second-order valence-corrected chi connectivity index (χ2v) is 7.70. The van der Waals surface area contributed by atoms with Crippen molar-refractivity contribution in [3.05, 3.63) is 85.1 Å². The summed E-state index contributed by atoms with van der Waals surface area (Å²) in [4.78, 5) is 0. The van der Waals surface area contributed by atoms with Gasteiger partial charge in [0.25, 0.3) is 0 Å². The summed E-state index contributed by atoms with van der Waals surface area (Å²) in [5, 5.41) is 0. The van der Waals surface area contributed by atoms with Gasteiger partial charge < -0.3 is 0 Å². The van der Waals surface area contributed by atoms with Crippen LogP contribution in [0.5, 0.6) is 0 Å². The van der Waals surface area contributed by atoms with E-state index >= 15 is 0 Å². The first-order chi connectivity index (χ1) is 13.3. The summed E-state index contributed by atoms with van der Waals surface area (Å²) in [6, 6.07) is 0. The minimum atomic E-state index is 0.668. The van der Waals surface area contributed by atoms with Gasteiger partial charge in [-0.15, -0.1) is 26.3 Å². The van der Waals surface area contributed by atoms with Crippen molar-refractivity contribution in [3.63, 3.8) is 0 Å². The lowest BCUT2D eigenvalue weighted by Gasteiger charge is -2.23. The summed E-state index contributed by atoms with van der Waals surface area (Å²) < 4.78 is 0. The maximum atomic E-state index is 4.03. The Balaban J connectivity index is 0. The zero-order chi connectivity index (χ0) is 22.1. The van der Waals surface area contributed by atoms with Crippen LogP contribution in [-0.2, 0) is 0 Å². The van der Waals surface area contributed by atoms with Gasteiger partial charge >= 0.3 is 0 Å². The molecule has 1 fully saturated rings. The Bertz CT molecular complexity index is 563. The fourth-order valence-corrected chi connectivity index (χ4v) is 3.18. The van der Waals surface area contributed by atoms with Crippen molar-refractivity contribution in [1.82, 2.24) is 0 Å². The molecular formula is C28H46. The molecular weight excluding hydrogens is 336 g/mol. The molecule has 28 heavy (non-hydrogen) atoms. The topological polar surface area (TPSA) is 0 Å². The monoisotopic (exact) mass is 382 g/mol. The van der Waals surface area contributed by atoms with Gasteiger partial charge in [0.15, 0.2) is 0 Å². The van der Waals surface area contributed by atoms with Crippen molar-refractivity contribution >= 4 is 0 Å². The minimum absolute atomic E-state index is 0.668. The maximum absolute atomic E-state index is 4.03. The Morgan fingerprint density at radius 1 is 1.21 bits per heavy atom. The van der Waals surface area contributed by atoms with Gasteiger partial charge in [0.2, 0.25) is 0 Å². The van der Waals surface area contributed by atoms with Gasteiger partial charge in [0.05, 0.1) is 0 Å². The fourth-order valence-electron chi connectivity index (χ4n) is 3.18. The zero-order valence-electron chi connectivity index (χ0n) is 19.7. The van der Waals surface area contributed by atoms with Gasteiger partial charge in [-0.1, -0.05) is 75.3 Å². The first kappa shape index (κ1) is 28.4. The van der Waals surface area contributed by atoms with Gasteiger partial charge in [-0.2, -0.15) is 0 Å². The summed E-state index contributed by atoms with van der Waals surface area (Å²) in [6.07, 6.45) is 15.5. The zero-order valence-corrected chi connectivity index (χ0v) is 19.7. The number of rotatable bonds is 4. The predicted octanol–water partition coefficient (Wildman–Crippen LogP) is 9.56. The Labute approximate surface area is 177 Å². The van der Waals surface area contributed by atoms with Crippen LogP contribution in [-0.4, -0.2) is 0 Å². The summed E-state index contributed by atoms with van der Waals surface area (Å²) in [5.74, 6) is 1.54. The van der Waals surface area contributed by atoms with Crippen molar-refractivity contribution in [2.75, 3.05) is 0 Å². The third-order valence-electron chi connectivity index (χ3n) is 5.14. The van der Waals surface area contributed by atoms with E-state index in [2.05, 4.69) is 86.6 Å². The Morgan fingerprint density at radius 2 is 1.79 bits per heavy atom. The molecule has 0 amide bonds. The van der Waals surface area contributed by atoms with Crippen molar-refractivity contribution in [3.8, 4) is 0 Å². The summed E-state index contributed by atoms with van der Waals surface area (Å²) in [5.41, 5.74) is 7.47. The van der Waals surface area contributed by atoms with E-state index in [0.29, 0.717) is 5.92 Å². The molecule has 0 radical (unpaired) electrons. The molecule has 1 atom stereocenters. The van der Waals surface area contributed by atoms with E-state index in [9.17, 15) is 0 Å². The number of hydrogen-bond acceptors (Lipinski definition) is 0. The molecule has 1 saturated carbocycles. The molecule has 0 aromatic carbocycles. The average Bonchev–Trinajstić information content (AvgIpc) is 2.70. The van der Waals surface area contributed by atoms with Crippen LogP contribution in [0.4, 0.5) is 0 Å². The van der Waals surface area contributed by atoms with E-state index in [0.717, 1.165) is 18.8 Å². The molecule has 0 aromatic rings. The largest absolute Gasteiger partial charge is 0.106 e. The van der Waals surface area contributed by atoms with Crippen LogP contribution in [0.2, 0.25) is 0 Å². The van der Waals surface area contributed by atoms with Crippen LogP contribution in [0, 0.1) is 11.8 Å². The van der Waals surface area contributed by atoms with Crippen molar-refractivity contribution in [1.29, 1.82) is 0 Å². The minimum Gasteiger partial charge on any atom is -0.106 e. The second-order valence-electron chi connectivity index (χ2n) is 7.70. The van der Waals surface area contributed by atoms with E-state index in [4.69, 9.17) is 0 Å². The Morgan fingerprint density at radius 3 is 2.07 bits per heavy atom. The number of hydrogen-bond donors (Lipinski definition) is 0. The summed E-state index contributed by atoms with van der Waals surface area (Å²) >= 11 is 0. The van der Waals surface area contributed by atoms with Crippen molar-refractivity contribution < 1.29 is 0 Å². The molecule has 0 aromatic heterocycles. The number of allylic oxidation sites excluding steroid dienone is 9. The lowest BCUT2D eigenvalue weighted by atomic mass is 9.83. The van der Waals surface area contributed by atoms with E-state index < -0.39 is 0 Å². The molecule has 2 aliphatic rings. The van der Waals surface area contributed by atoms with E-state index in [1.165, 1.54) is 42.4 Å². The first-order valence-electron chi connectivity index (χ1n) is 10.8. The molecule has 0 bridgehead atoms. The van der Waals surface area contributed by atoms with Crippen LogP contribution < -0.4 is 0 Å². The average molecular weight is 383 g/mol. The smallest absolute Gasteiger partial charge is 0.00893 e. The van der Waals surface area contributed by atoms with Crippen LogP contribution in [0.1, 0.15) is 80.1 Å². The Kier molecular flexibility index (Phi) is 17.5. The molecule has 0 aliphatic heterocycles. The molecule has 0 saturated heterocycles. The van der Waals surface area contributed by atoms with Crippen molar-refractivity contribution in [2.24, 2.45) is 11.8 Å². The fraction of sp³-hybridized carbons (Fsp3) is 0.500. The van der Waals surface area contributed by atoms with Gasteiger partial charge in [-0.05, 0) is 75.4 Å². The van der Waals surface area contributed by atoms with Crippen molar-refractivity contribution in [2.45, 2.75) is 80.1 Å². The molecule has 0 spiro atoms. The highest BCUT2D eigenvalue weighted by Crippen LogP contribution is 2.33. The first-order valence-corrected chi connectivity index (χ1v) is 10.8. The highest BCUT2D eigenvalue weighted by atomic mass is 14.2. The third kappa shape index (κ3) is 11.1. The molecule has 2 rings (SSSR count). The van der Waals surface area contributed by atoms with Crippen LogP contribution in [0.25, 0.3) is 0 Å². The quantitative estimate of drug-likeness (QED) is 0.424. The van der Waals surface area contributed by atoms with Gasteiger partial charge in [0.1, 0.15) is 0 Å². The molecule has 1 unspecified atom stereocenters. The van der Waals surface area contributed by atoms with Gasteiger partial charge in [-0.3, -0.25) is 0 Å². The highest BCUT2D eigenvalue weighted by Gasteiger charge is 2.15. The molecule has 158 valence electrons. The summed E-state index contributed by atoms with van der Waals surface area (Å²) in [7, 11) is 0. The SMILES string of the molecule is C=C.C=C1CCC(C)C/C1=C/C.C=CC/C(=C1/CC=C1C)C(C)C.C=CCC. The van der Waals surface area contributed by atoms with Crippen LogP contribution >= 0.6 is 0 Å². The molecule has 0 heteroatoms. The second kappa shape index (κ2) is 17.3. The highest BCUT2D eigenvalue weighted by molar-refractivity contribution is 5.44. The maximum Gasteiger partial charge on any atom is -0.00893 e. The molecule has 2 aliphatic carbocycles. The van der Waals surface area contributed by atoms with E-state index in [1.54, 1.807) is 11.1 Å². The Hall–Kier alpha value is -1.82. The lowest BCUT2D eigenvalue weighted by Crippen LogP contribution is -2.06. The molecule has 0 heterocycles. The summed E-state index contributed by atoms with van der Waals surface area (Å²) in [6.45, 7) is 30.5. The van der Waals surface area contributed by atoms with E-state index in [-0.39, 0.29) is 0 Å². The molecule has 0 nitrogen and oxygen atoms in total. The standard InChI is InChI=1S/C12H18.C10H16.C4H8.C2H4/c1-5-6-11(9(2)3)12-8-7-10(12)4;1-4-10-7-8(2)5-6-9(10)3;1-3-4-2;1-2/h5,7,9H,1,6,8H2,2-4H3;4,8H,3,5-7H2,1-2H3;3H,1,4H2,2H3;1-2H2/b12-11+;10-4-;;. The van der Waals surface area contributed by atoms with Crippen LogP contribution in [0.15, 0.2) is 85.1 Å². The van der Waals surface area contributed by atoms with Gasteiger partial charge in [0, 0.05) is 0 Å². The van der Waals surface area contributed by atoms with Crippen LogP contribution in [0.3, 0.4) is 0 Å². The normalized spacial score (nSPS) is 20.8. The van der Waals surface area contributed by atoms with Gasteiger partial charge in [-0.25, -0.2) is 0 Å². The molecule has 0 N–H and O–H groups in total. The lowest BCUT2D eigenvalue weighted by molar-refractivity contribution is 0.498. The van der Waals surface area contributed by atoms with E-state index in [1.807, 2.05) is 12.2 Å².